The van der Waals surface area contributed by atoms with Gasteiger partial charge in [0.2, 0.25) is 0 Å². The number of methoxy groups -OCH3 is 1. The van der Waals surface area contributed by atoms with Gasteiger partial charge in [-0.3, -0.25) is 9.78 Å². The number of carboxylic acids is 1. The van der Waals surface area contributed by atoms with Crippen LogP contribution in [0.15, 0.2) is 53.6 Å². The number of carbonyl (C=O) groups is 1. The SMILES string of the molecule is COc1ccc2nccc([C@H](F)CC[C@@H]3CCN(CCSc4c(F)cccc4F)C[C@H]3CCC(=O)O)c2c1. The molecular formula is C29H33F3N2O3S. The molecule has 0 spiro atoms. The van der Waals surface area contributed by atoms with Gasteiger partial charge in [0.1, 0.15) is 23.6 Å². The van der Waals surface area contributed by atoms with Crippen LogP contribution in [0.3, 0.4) is 0 Å². The van der Waals surface area contributed by atoms with E-state index in [1.807, 2.05) is 12.1 Å². The second-order valence-corrected chi connectivity index (χ2v) is 10.9. The zero-order valence-electron chi connectivity index (χ0n) is 21.4. The Labute approximate surface area is 225 Å². The predicted molar refractivity (Wildman–Crippen MR) is 143 cm³/mol. The topological polar surface area (TPSA) is 62.7 Å². The van der Waals surface area contributed by atoms with E-state index in [1.165, 1.54) is 18.2 Å². The number of likely N-dealkylation sites (tertiary alicyclic amines) is 1. The second-order valence-electron chi connectivity index (χ2n) is 9.77. The molecule has 38 heavy (non-hydrogen) atoms. The summed E-state index contributed by atoms with van der Waals surface area (Å²) >= 11 is 1.15. The normalized spacial score (nSPS) is 18.9. The van der Waals surface area contributed by atoms with Gasteiger partial charge in [-0.1, -0.05) is 6.07 Å². The van der Waals surface area contributed by atoms with E-state index in [2.05, 4.69) is 9.88 Å². The van der Waals surface area contributed by atoms with Crippen molar-refractivity contribution in [3.05, 3.63) is 65.9 Å². The molecule has 0 bridgehead atoms. The van der Waals surface area contributed by atoms with Crippen LogP contribution in [-0.2, 0) is 4.79 Å². The van der Waals surface area contributed by atoms with Gasteiger partial charge in [-0.05, 0) is 86.0 Å². The fraction of sp³-hybridized carbons (Fsp3) is 0.448. The first-order valence-corrected chi connectivity index (χ1v) is 13.9. The molecule has 0 aliphatic carbocycles. The van der Waals surface area contributed by atoms with E-state index in [1.54, 1.807) is 25.4 Å². The maximum absolute atomic E-state index is 15.5. The van der Waals surface area contributed by atoms with Gasteiger partial charge >= 0.3 is 5.97 Å². The molecule has 1 aliphatic heterocycles. The lowest BCUT2D eigenvalue weighted by molar-refractivity contribution is -0.137. The van der Waals surface area contributed by atoms with Crippen LogP contribution >= 0.6 is 11.8 Å². The number of rotatable bonds is 12. The summed E-state index contributed by atoms with van der Waals surface area (Å²) in [5.74, 6) is -0.453. The van der Waals surface area contributed by atoms with E-state index < -0.39 is 23.8 Å². The molecular weight excluding hydrogens is 513 g/mol. The molecule has 1 N–H and O–H groups in total. The van der Waals surface area contributed by atoms with Crippen LogP contribution in [0.25, 0.3) is 10.9 Å². The molecule has 0 unspecified atom stereocenters. The number of aliphatic carboxylic acids is 1. The predicted octanol–water partition coefficient (Wildman–Crippen LogP) is 6.91. The van der Waals surface area contributed by atoms with Crippen molar-refractivity contribution in [2.75, 3.05) is 32.5 Å². The Balaban J connectivity index is 1.36. The summed E-state index contributed by atoms with van der Waals surface area (Å²) in [4.78, 5) is 17.9. The summed E-state index contributed by atoms with van der Waals surface area (Å²) in [6.45, 7) is 2.14. The van der Waals surface area contributed by atoms with E-state index in [0.717, 1.165) is 30.1 Å². The Morgan fingerprint density at radius 2 is 1.97 bits per heavy atom. The number of halogens is 3. The lowest BCUT2D eigenvalue weighted by Crippen LogP contribution is -2.41. The number of fused-ring (bicyclic) bond motifs is 1. The van der Waals surface area contributed by atoms with Gasteiger partial charge in [0.15, 0.2) is 0 Å². The highest BCUT2D eigenvalue weighted by Crippen LogP contribution is 2.37. The number of ether oxygens (including phenoxy) is 1. The van der Waals surface area contributed by atoms with E-state index in [4.69, 9.17) is 4.74 Å². The Morgan fingerprint density at radius 1 is 1.18 bits per heavy atom. The van der Waals surface area contributed by atoms with Gasteiger partial charge in [0.25, 0.3) is 0 Å². The minimum absolute atomic E-state index is 0.0278. The van der Waals surface area contributed by atoms with E-state index in [9.17, 15) is 18.7 Å². The number of benzene rings is 2. The van der Waals surface area contributed by atoms with Gasteiger partial charge in [-0.2, -0.15) is 0 Å². The Bertz CT molecular complexity index is 1220. The molecule has 0 amide bonds. The van der Waals surface area contributed by atoms with Gasteiger partial charge in [-0.15, -0.1) is 11.8 Å². The third-order valence-corrected chi connectivity index (χ3v) is 8.45. The Hall–Kier alpha value is -2.78. The van der Waals surface area contributed by atoms with Crippen LogP contribution in [0.1, 0.15) is 43.8 Å². The van der Waals surface area contributed by atoms with Crippen molar-refractivity contribution in [2.45, 2.75) is 43.2 Å². The summed E-state index contributed by atoms with van der Waals surface area (Å²) in [6.07, 6.45) is 2.87. The number of hydrogen-bond acceptors (Lipinski definition) is 5. The van der Waals surface area contributed by atoms with Crippen molar-refractivity contribution in [1.29, 1.82) is 0 Å². The van der Waals surface area contributed by atoms with Crippen molar-refractivity contribution in [2.24, 2.45) is 11.8 Å². The maximum atomic E-state index is 15.5. The summed E-state index contributed by atoms with van der Waals surface area (Å²) in [5, 5.41) is 10.00. The highest BCUT2D eigenvalue weighted by Gasteiger charge is 2.30. The monoisotopic (exact) mass is 546 g/mol. The zero-order chi connectivity index (χ0) is 27.1. The number of hydrogen-bond donors (Lipinski definition) is 1. The highest BCUT2D eigenvalue weighted by molar-refractivity contribution is 7.99. The molecule has 9 heteroatoms. The molecule has 5 nitrogen and oxygen atoms in total. The number of alkyl halides is 1. The number of nitrogens with zero attached hydrogens (tertiary/aromatic N) is 2. The van der Waals surface area contributed by atoms with Crippen molar-refractivity contribution in [1.82, 2.24) is 9.88 Å². The molecule has 3 aromatic rings. The first-order chi connectivity index (χ1) is 18.4. The largest absolute Gasteiger partial charge is 0.497 e. The molecule has 4 rings (SSSR count). The highest BCUT2D eigenvalue weighted by atomic mass is 32.2. The van der Waals surface area contributed by atoms with Crippen LogP contribution in [0.5, 0.6) is 5.75 Å². The molecule has 0 saturated carbocycles. The number of aromatic nitrogens is 1. The summed E-state index contributed by atoms with van der Waals surface area (Å²) in [6, 6.07) is 11.0. The van der Waals surface area contributed by atoms with Crippen molar-refractivity contribution < 1.29 is 27.8 Å². The van der Waals surface area contributed by atoms with Gasteiger partial charge in [0.05, 0.1) is 17.5 Å². The number of carboxylic acid groups (broad SMARTS) is 1. The lowest BCUT2D eigenvalue weighted by Gasteiger charge is -2.39. The van der Waals surface area contributed by atoms with Gasteiger partial charge in [0, 0.05) is 36.8 Å². The number of piperidine rings is 1. The molecule has 2 aromatic carbocycles. The lowest BCUT2D eigenvalue weighted by atomic mass is 9.79. The van der Waals surface area contributed by atoms with E-state index in [0.29, 0.717) is 54.9 Å². The molecule has 1 saturated heterocycles. The fourth-order valence-corrected chi connectivity index (χ4v) is 6.30. The number of pyridine rings is 1. The Kier molecular flexibility index (Phi) is 9.91. The third-order valence-electron chi connectivity index (χ3n) is 7.39. The first-order valence-electron chi connectivity index (χ1n) is 12.9. The van der Waals surface area contributed by atoms with Crippen LogP contribution in [-0.4, -0.2) is 53.5 Å². The standard InChI is InChI=1S/C29H33F3N2O3S/c1-37-21-7-9-27-23(17-21)22(11-13-33-27)24(30)8-5-19-12-14-34(18-20(19)6-10-28(35)36)15-16-38-29-25(31)3-2-4-26(29)32/h2-4,7,9,11,13,17,19-20,24H,5-6,8,10,12,14-16,18H2,1H3,(H,35,36)/t19-,20-,24-/m1/s1. The van der Waals surface area contributed by atoms with Crippen molar-refractivity contribution in [3.8, 4) is 5.75 Å². The zero-order valence-corrected chi connectivity index (χ0v) is 22.2. The quantitative estimate of drug-likeness (QED) is 0.249. The summed E-state index contributed by atoms with van der Waals surface area (Å²) in [5.41, 5.74) is 1.30. The maximum Gasteiger partial charge on any atom is 0.303 e. The molecule has 1 aliphatic rings. The molecule has 0 radical (unpaired) electrons. The second kappa shape index (κ2) is 13.3. The van der Waals surface area contributed by atoms with Crippen LogP contribution in [0.2, 0.25) is 0 Å². The molecule has 3 atom stereocenters. The van der Waals surface area contributed by atoms with Crippen molar-refractivity contribution >= 4 is 28.6 Å². The molecule has 2 heterocycles. The summed E-state index contributed by atoms with van der Waals surface area (Å²) < 4.78 is 48.7. The average Bonchev–Trinajstić information content (AvgIpc) is 2.92. The van der Waals surface area contributed by atoms with Crippen LogP contribution in [0, 0.1) is 23.5 Å². The third kappa shape index (κ3) is 7.20. The van der Waals surface area contributed by atoms with Gasteiger partial charge in [-0.25, -0.2) is 13.2 Å². The fourth-order valence-electron chi connectivity index (χ4n) is 5.33. The van der Waals surface area contributed by atoms with Gasteiger partial charge < -0.3 is 14.7 Å². The molecule has 1 fully saturated rings. The average molecular weight is 547 g/mol. The molecule has 1 aromatic heterocycles. The van der Waals surface area contributed by atoms with E-state index >= 15 is 4.39 Å². The number of thioether (sulfide) groups is 1. The van der Waals surface area contributed by atoms with Crippen LogP contribution < -0.4 is 4.74 Å². The van der Waals surface area contributed by atoms with E-state index in [-0.39, 0.29) is 23.2 Å². The minimum Gasteiger partial charge on any atom is -0.497 e. The van der Waals surface area contributed by atoms with Crippen LogP contribution in [0.4, 0.5) is 13.2 Å². The smallest absolute Gasteiger partial charge is 0.303 e. The molecule has 204 valence electrons. The first kappa shape index (κ1) is 28.2. The minimum atomic E-state index is -1.17. The summed E-state index contributed by atoms with van der Waals surface area (Å²) in [7, 11) is 1.57. The Morgan fingerprint density at radius 3 is 2.71 bits per heavy atom. The van der Waals surface area contributed by atoms with Crippen molar-refractivity contribution in [3.63, 3.8) is 0 Å².